The summed E-state index contributed by atoms with van der Waals surface area (Å²) in [6, 6.07) is 5.54. The average Bonchev–Trinajstić information content (AvgIpc) is 3.25. The molecule has 0 unspecified atom stereocenters. The molecule has 3 rings (SSSR count). The lowest BCUT2D eigenvalue weighted by Gasteiger charge is -2.08. The van der Waals surface area contributed by atoms with Gasteiger partial charge in [-0.1, -0.05) is 0 Å². The number of carbonyl (C=O) groups is 1. The predicted octanol–water partition coefficient (Wildman–Crippen LogP) is 2.70. The molecule has 0 saturated carbocycles. The second-order valence-electron chi connectivity index (χ2n) is 6.35. The van der Waals surface area contributed by atoms with Crippen molar-refractivity contribution in [1.82, 2.24) is 4.98 Å². The zero-order valence-corrected chi connectivity index (χ0v) is 16.8. The molecule has 9 heteroatoms. The van der Waals surface area contributed by atoms with Crippen LogP contribution in [0.25, 0.3) is 10.6 Å². The van der Waals surface area contributed by atoms with Gasteiger partial charge in [0, 0.05) is 17.4 Å². The number of methoxy groups -OCH3 is 2. The molecule has 1 aromatic heterocycles. The Balaban J connectivity index is 1.57. The van der Waals surface area contributed by atoms with E-state index in [1.54, 1.807) is 14.2 Å². The summed E-state index contributed by atoms with van der Waals surface area (Å²) in [5.74, 6) is 0.956. The Kier molecular flexibility index (Phi) is 6.01. The van der Waals surface area contributed by atoms with E-state index in [1.165, 1.54) is 11.3 Å². The van der Waals surface area contributed by atoms with Crippen molar-refractivity contribution in [2.45, 2.75) is 19.4 Å². The fourth-order valence-electron chi connectivity index (χ4n) is 2.96. The number of esters is 1. The molecular formula is C18H21NO6S2. The fraction of sp³-hybridized carbons (Fsp3) is 0.444. The number of rotatable bonds is 7. The maximum Gasteiger partial charge on any atom is 0.306 e. The van der Waals surface area contributed by atoms with Crippen LogP contribution >= 0.6 is 11.3 Å². The number of hydrogen-bond acceptors (Lipinski definition) is 8. The second-order valence-corrected chi connectivity index (χ2v) is 9.43. The molecule has 1 saturated heterocycles. The van der Waals surface area contributed by atoms with Gasteiger partial charge < -0.3 is 14.2 Å². The van der Waals surface area contributed by atoms with Crippen molar-refractivity contribution in [2.75, 3.05) is 25.7 Å². The zero-order valence-electron chi connectivity index (χ0n) is 15.1. The van der Waals surface area contributed by atoms with Crippen LogP contribution in [0.3, 0.4) is 0 Å². The lowest BCUT2D eigenvalue weighted by molar-refractivity contribution is -0.146. The molecule has 1 aliphatic heterocycles. The van der Waals surface area contributed by atoms with Gasteiger partial charge in [-0.15, -0.1) is 11.3 Å². The molecule has 0 N–H and O–H groups in total. The van der Waals surface area contributed by atoms with Crippen LogP contribution in [-0.2, 0) is 26.0 Å². The number of aromatic nitrogens is 1. The quantitative estimate of drug-likeness (QED) is 0.647. The van der Waals surface area contributed by atoms with Crippen molar-refractivity contribution in [3.63, 3.8) is 0 Å². The zero-order chi connectivity index (χ0) is 19.4. The highest BCUT2D eigenvalue weighted by atomic mass is 32.2. The third-order valence-electron chi connectivity index (χ3n) is 4.35. The Hall–Kier alpha value is -2.13. The number of carbonyl (C=O) groups excluding carboxylic acids is 1. The molecule has 1 fully saturated rings. The molecule has 1 aliphatic rings. The van der Waals surface area contributed by atoms with Crippen LogP contribution < -0.4 is 9.47 Å². The molecule has 1 atom stereocenters. The summed E-state index contributed by atoms with van der Waals surface area (Å²) in [6.07, 6.45) is 0.656. The van der Waals surface area contributed by atoms with Gasteiger partial charge in [0.25, 0.3) is 0 Å². The topological polar surface area (TPSA) is 91.8 Å². The van der Waals surface area contributed by atoms with Crippen LogP contribution in [0.1, 0.15) is 18.5 Å². The second kappa shape index (κ2) is 8.26. The molecule has 2 heterocycles. The minimum Gasteiger partial charge on any atom is -0.493 e. The van der Waals surface area contributed by atoms with Crippen molar-refractivity contribution in [3.8, 4) is 22.1 Å². The average molecular weight is 412 g/mol. The highest BCUT2D eigenvalue weighted by Crippen LogP contribution is 2.33. The fourth-order valence-corrected chi connectivity index (χ4v) is 5.62. The Labute approximate surface area is 162 Å². The van der Waals surface area contributed by atoms with E-state index in [0.29, 0.717) is 23.6 Å². The summed E-state index contributed by atoms with van der Waals surface area (Å²) < 4.78 is 38.7. The first kappa shape index (κ1) is 19.6. The van der Waals surface area contributed by atoms with Gasteiger partial charge in [0.2, 0.25) is 0 Å². The molecule has 27 heavy (non-hydrogen) atoms. The van der Waals surface area contributed by atoms with E-state index in [4.69, 9.17) is 14.2 Å². The summed E-state index contributed by atoms with van der Waals surface area (Å²) in [5, 5.41) is 2.61. The largest absolute Gasteiger partial charge is 0.493 e. The van der Waals surface area contributed by atoms with Gasteiger partial charge >= 0.3 is 5.97 Å². The Morgan fingerprint density at radius 3 is 2.70 bits per heavy atom. The van der Waals surface area contributed by atoms with Gasteiger partial charge in [-0.05, 0) is 30.5 Å². The number of benzene rings is 1. The Morgan fingerprint density at radius 2 is 2.04 bits per heavy atom. The number of nitrogens with zero attached hydrogens (tertiary/aromatic N) is 1. The molecule has 0 spiro atoms. The minimum absolute atomic E-state index is 0.0715. The van der Waals surface area contributed by atoms with E-state index < -0.39 is 15.8 Å². The lowest BCUT2D eigenvalue weighted by atomic mass is 10.1. The first-order chi connectivity index (χ1) is 12.9. The number of thiazole rings is 1. The van der Waals surface area contributed by atoms with Gasteiger partial charge in [0.15, 0.2) is 21.3 Å². The van der Waals surface area contributed by atoms with E-state index in [1.807, 2.05) is 23.6 Å². The van der Waals surface area contributed by atoms with Gasteiger partial charge in [-0.25, -0.2) is 13.4 Å². The third kappa shape index (κ3) is 4.98. The Bertz CT molecular complexity index is 922. The monoisotopic (exact) mass is 411 g/mol. The molecular weight excluding hydrogens is 390 g/mol. The summed E-state index contributed by atoms with van der Waals surface area (Å²) in [5.41, 5.74) is 1.53. The van der Waals surface area contributed by atoms with Crippen LogP contribution in [0.4, 0.5) is 0 Å². The number of hydrogen-bond donors (Lipinski definition) is 0. The first-order valence-electron chi connectivity index (χ1n) is 8.43. The van der Waals surface area contributed by atoms with Crippen LogP contribution in [-0.4, -0.2) is 45.1 Å². The molecule has 0 bridgehead atoms. The third-order valence-corrected chi connectivity index (χ3v) is 7.12. The van der Waals surface area contributed by atoms with Gasteiger partial charge in [-0.3, -0.25) is 4.79 Å². The molecule has 2 aromatic rings. The molecule has 1 aromatic carbocycles. The standard InChI is InChI=1S/C18H21NO6S2/c1-23-15-4-3-13(8-16(15)24-2)18-19-14(10-26-18)9-25-17(20)7-12-5-6-27(21,22)11-12/h3-4,8,10,12H,5-7,9,11H2,1-2H3/t12-/m0/s1. The van der Waals surface area contributed by atoms with Gasteiger partial charge in [0.05, 0.1) is 31.4 Å². The van der Waals surface area contributed by atoms with E-state index in [9.17, 15) is 13.2 Å². The van der Waals surface area contributed by atoms with Crippen LogP contribution in [0.15, 0.2) is 23.6 Å². The highest BCUT2D eigenvalue weighted by molar-refractivity contribution is 7.91. The highest BCUT2D eigenvalue weighted by Gasteiger charge is 2.29. The number of ether oxygens (including phenoxy) is 3. The SMILES string of the molecule is COc1ccc(-c2nc(COC(=O)C[C@@H]3CCS(=O)(=O)C3)cs2)cc1OC. The lowest BCUT2D eigenvalue weighted by Crippen LogP contribution is -2.13. The van der Waals surface area contributed by atoms with Gasteiger partial charge in [0.1, 0.15) is 11.6 Å². The van der Waals surface area contributed by atoms with Crippen LogP contribution in [0.5, 0.6) is 11.5 Å². The van der Waals surface area contributed by atoms with Crippen molar-refractivity contribution in [3.05, 3.63) is 29.3 Å². The van der Waals surface area contributed by atoms with Crippen molar-refractivity contribution in [1.29, 1.82) is 0 Å². The summed E-state index contributed by atoms with van der Waals surface area (Å²) in [6.45, 7) is 0.0715. The molecule has 0 amide bonds. The van der Waals surface area contributed by atoms with Crippen LogP contribution in [0, 0.1) is 5.92 Å². The van der Waals surface area contributed by atoms with E-state index in [-0.39, 0.29) is 30.5 Å². The normalized spacial score (nSPS) is 18.2. The molecule has 0 aliphatic carbocycles. The maximum absolute atomic E-state index is 11.9. The summed E-state index contributed by atoms with van der Waals surface area (Å²) in [7, 11) is 0.167. The van der Waals surface area contributed by atoms with Crippen LogP contribution in [0.2, 0.25) is 0 Å². The summed E-state index contributed by atoms with van der Waals surface area (Å²) >= 11 is 1.44. The summed E-state index contributed by atoms with van der Waals surface area (Å²) in [4.78, 5) is 16.4. The predicted molar refractivity (Wildman–Crippen MR) is 102 cm³/mol. The first-order valence-corrected chi connectivity index (χ1v) is 11.1. The van der Waals surface area contributed by atoms with Crippen molar-refractivity contribution >= 4 is 27.1 Å². The molecule has 146 valence electrons. The van der Waals surface area contributed by atoms with E-state index in [2.05, 4.69) is 4.98 Å². The van der Waals surface area contributed by atoms with E-state index in [0.717, 1.165) is 10.6 Å². The molecule has 0 radical (unpaired) electrons. The molecule has 7 nitrogen and oxygen atoms in total. The minimum atomic E-state index is -2.98. The van der Waals surface area contributed by atoms with Crippen molar-refractivity contribution < 1.29 is 27.4 Å². The smallest absolute Gasteiger partial charge is 0.306 e. The number of sulfone groups is 1. The van der Waals surface area contributed by atoms with E-state index >= 15 is 0 Å². The van der Waals surface area contributed by atoms with Gasteiger partial charge in [-0.2, -0.15) is 0 Å². The maximum atomic E-state index is 11.9. The Morgan fingerprint density at radius 1 is 1.26 bits per heavy atom. The van der Waals surface area contributed by atoms with Crippen molar-refractivity contribution in [2.24, 2.45) is 5.92 Å².